The van der Waals surface area contributed by atoms with Crippen LogP contribution >= 0.6 is 0 Å². The molecule has 0 fully saturated rings. The zero-order valence-corrected chi connectivity index (χ0v) is 23.1. The SMILES string of the molecule is CCCCC(=O)OC(C)CC(c1ccc(OC(=O)OCC(C)C)c(OC(=O)OCC(C)C)c1)[C@H](N)C(=O)O. The molecule has 0 bridgehead atoms. The summed E-state index contributed by atoms with van der Waals surface area (Å²) in [5.74, 6) is -2.69. The van der Waals surface area contributed by atoms with E-state index >= 15 is 0 Å². The van der Waals surface area contributed by atoms with Crippen molar-refractivity contribution in [1.82, 2.24) is 0 Å². The number of benzene rings is 1. The zero-order chi connectivity index (χ0) is 28.8. The number of aliphatic carboxylic acids is 1. The van der Waals surface area contributed by atoms with E-state index in [1.54, 1.807) is 6.92 Å². The van der Waals surface area contributed by atoms with Gasteiger partial charge in [-0.2, -0.15) is 0 Å². The quantitative estimate of drug-likeness (QED) is 0.174. The van der Waals surface area contributed by atoms with Gasteiger partial charge in [0.2, 0.25) is 0 Å². The summed E-state index contributed by atoms with van der Waals surface area (Å²) in [6, 6.07) is 2.82. The molecule has 0 aromatic heterocycles. The molecule has 0 saturated carbocycles. The Labute approximate surface area is 223 Å². The molecule has 0 aliphatic heterocycles. The second kappa shape index (κ2) is 16.5. The van der Waals surface area contributed by atoms with Crippen molar-refractivity contribution in [3.63, 3.8) is 0 Å². The van der Waals surface area contributed by atoms with Gasteiger partial charge >= 0.3 is 24.2 Å². The number of carboxylic acid groups (broad SMARTS) is 1. The van der Waals surface area contributed by atoms with Gasteiger partial charge in [0, 0.05) is 12.3 Å². The third kappa shape index (κ3) is 12.3. The van der Waals surface area contributed by atoms with E-state index in [1.165, 1.54) is 18.2 Å². The molecule has 0 aliphatic carbocycles. The van der Waals surface area contributed by atoms with Crippen LogP contribution in [0.4, 0.5) is 9.59 Å². The van der Waals surface area contributed by atoms with E-state index in [4.69, 9.17) is 29.4 Å². The van der Waals surface area contributed by atoms with Gasteiger partial charge in [0.05, 0.1) is 19.3 Å². The molecule has 11 heteroatoms. The lowest BCUT2D eigenvalue weighted by molar-refractivity contribution is -0.149. The third-order valence-electron chi connectivity index (χ3n) is 5.22. The Balaban J connectivity index is 3.27. The monoisotopic (exact) mass is 539 g/mol. The van der Waals surface area contributed by atoms with Crippen LogP contribution in [0, 0.1) is 11.8 Å². The highest BCUT2D eigenvalue weighted by Gasteiger charge is 2.30. The molecule has 0 saturated heterocycles. The third-order valence-corrected chi connectivity index (χ3v) is 5.22. The van der Waals surface area contributed by atoms with Crippen LogP contribution in [-0.4, -0.2) is 54.7 Å². The topological polar surface area (TPSA) is 161 Å². The number of hydrogen-bond donors (Lipinski definition) is 2. The van der Waals surface area contributed by atoms with Crippen molar-refractivity contribution in [3.05, 3.63) is 23.8 Å². The summed E-state index contributed by atoms with van der Waals surface area (Å²) in [6.45, 7) is 11.2. The van der Waals surface area contributed by atoms with E-state index in [0.717, 1.165) is 6.42 Å². The predicted molar refractivity (Wildman–Crippen MR) is 138 cm³/mol. The van der Waals surface area contributed by atoms with Gasteiger partial charge in [-0.1, -0.05) is 47.1 Å². The van der Waals surface area contributed by atoms with Crippen molar-refractivity contribution in [2.75, 3.05) is 13.2 Å². The average molecular weight is 540 g/mol. The number of unbranched alkanes of at least 4 members (excludes halogenated alkanes) is 1. The second-order valence-electron chi connectivity index (χ2n) is 9.93. The fourth-order valence-electron chi connectivity index (χ4n) is 3.30. The van der Waals surface area contributed by atoms with Crippen LogP contribution in [0.2, 0.25) is 0 Å². The van der Waals surface area contributed by atoms with Crippen LogP contribution in [0.1, 0.15) is 78.7 Å². The molecular formula is C27H41NO10. The second-order valence-corrected chi connectivity index (χ2v) is 9.93. The summed E-state index contributed by atoms with van der Waals surface area (Å²) in [6.07, 6.45) is -0.829. The molecule has 0 radical (unpaired) electrons. The number of ether oxygens (including phenoxy) is 5. The lowest BCUT2D eigenvalue weighted by Crippen LogP contribution is -2.38. The molecular weight excluding hydrogens is 498 g/mol. The first-order chi connectivity index (χ1) is 17.8. The van der Waals surface area contributed by atoms with Crippen LogP contribution in [0.25, 0.3) is 0 Å². The Bertz CT molecular complexity index is 930. The number of nitrogens with two attached hydrogens (primary N) is 1. The summed E-state index contributed by atoms with van der Waals surface area (Å²) in [7, 11) is 0. The molecule has 1 aromatic rings. The molecule has 0 aliphatic rings. The fourth-order valence-corrected chi connectivity index (χ4v) is 3.30. The van der Waals surface area contributed by atoms with Crippen LogP contribution in [0.3, 0.4) is 0 Å². The Morgan fingerprint density at radius 1 is 0.895 bits per heavy atom. The Morgan fingerprint density at radius 2 is 1.45 bits per heavy atom. The van der Waals surface area contributed by atoms with E-state index in [9.17, 15) is 24.3 Å². The Hall–Kier alpha value is -3.34. The standard InChI is InChI=1S/C27H41NO10/c1-7-8-9-23(29)36-18(6)12-20(24(28)25(30)31)19-10-11-21(37-26(32)34-14-16(2)3)22(13-19)38-27(33)35-15-17(4)5/h10-11,13,16-18,20,24H,7-9,12,14-15,28H2,1-6H3,(H,30,31)/t18?,20?,24-/m0/s1. The molecule has 0 amide bonds. The van der Waals surface area contributed by atoms with Gasteiger partial charge in [0.25, 0.3) is 0 Å². The van der Waals surface area contributed by atoms with Gasteiger partial charge < -0.3 is 34.5 Å². The minimum absolute atomic E-state index is 0.0510. The summed E-state index contributed by atoms with van der Waals surface area (Å²) in [5.41, 5.74) is 6.36. The fraction of sp³-hybridized carbons (Fsp3) is 0.630. The number of carbonyl (C=O) groups is 4. The van der Waals surface area contributed by atoms with E-state index in [1.807, 2.05) is 34.6 Å². The lowest BCUT2D eigenvalue weighted by Gasteiger charge is -2.25. The van der Waals surface area contributed by atoms with Crippen LogP contribution in [0.5, 0.6) is 11.5 Å². The van der Waals surface area contributed by atoms with Crippen molar-refractivity contribution in [3.8, 4) is 11.5 Å². The van der Waals surface area contributed by atoms with Gasteiger partial charge in [-0.3, -0.25) is 9.59 Å². The summed E-state index contributed by atoms with van der Waals surface area (Å²) in [4.78, 5) is 48.3. The first-order valence-corrected chi connectivity index (χ1v) is 12.8. The first-order valence-electron chi connectivity index (χ1n) is 12.8. The molecule has 3 N–H and O–H groups in total. The van der Waals surface area contributed by atoms with Crippen molar-refractivity contribution in [2.45, 2.75) is 85.3 Å². The smallest absolute Gasteiger partial charge is 0.480 e. The molecule has 0 spiro atoms. The van der Waals surface area contributed by atoms with Crippen LogP contribution in [-0.2, 0) is 23.8 Å². The van der Waals surface area contributed by atoms with Gasteiger partial charge in [-0.15, -0.1) is 0 Å². The Kier molecular flexibility index (Phi) is 14.2. The molecule has 38 heavy (non-hydrogen) atoms. The van der Waals surface area contributed by atoms with Crippen LogP contribution in [0.15, 0.2) is 18.2 Å². The maximum atomic E-state index is 12.3. The molecule has 11 nitrogen and oxygen atoms in total. The highest BCUT2D eigenvalue weighted by atomic mass is 16.7. The zero-order valence-electron chi connectivity index (χ0n) is 23.1. The van der Waals surface area contributed by atoms with E-state index in [0.29, 0.717) is 12.0 Å². The molecule has 2 unspecified atom stereocenters. The summed E-state index contributed by atoms with van der Waals surface area (Å²) < 4.78 is 26.0. The highest BCUT2D eigenvalue weighted by molar-refractivity contribution is 5.75. The predicted octanol–water partition coefficient (Wildman–Crippen LogP) is 5.04. The average Bonchev–Trinajstić information content (AvgIpc) is 2.84. The molecule has 3 atom stereocenters. The normalized spacial score (nSPS) is 13.4. The number of esters is 1. The number of hydrogen-bond acceptors (Lipinski definition) is 10. The van der Waals surface area contributed by atoms with E-state index < -0.39 is 36.3 Å². The van der Waals surface area contributed by atoms with E-state index in [2.05, 4.69) is 0 Å². The van der Waals surface area contributed by atoms with Crippen LogP contribution < -0.4 is 15.2 Å². The van der Waals surface area contributed by atoms with Gasteiger partial charge in [-0.25, -0.2) is 9.59 Å². The minimum Gasteiger partial charge on any atom is -0.480 e. The van der Waals surface area contributed by atoms with Gasteiger partial charge in [0.1, 0.15) is 6.04 Å². The maximum absolute atomic E-state index is 12.3. The van der Waals surface area contributed by atoms with Crippen molar-refractivity contribution >= 4 is 24.2 Å². The largest absolute Gasteiger partial charge is 0.513 e. The van der Waals surface area contributed by atoms with E-state index in [-0.39, 0.29) is 55.4 Å². The lowest BCUT2D eigenvalue weighted by atomic mass is 9.87. The number of carboxylic acids is 1. The molecule has 0 heterocycles. The minimum atomic E-state index is -1.37. The molecule has 1 aromatic carbocycles. The highest BCUT2D eigenvalue weighted by Crippen LogP contribution is 2.35. The summed E-state index contributed by atoms with van der Waals surface area (Å²) in [5, 5.41) is 9.61. The maximum Gasteiger partial charge on any atom is 0.513 e. The Morgan fingerprint density at radius 3 is 1.95 bits per heavy atom. The number of rotatable bonds is 15. The van der Waals surface area contributed by atoms with Crippen molar-refractivity contribution in [1.29, 1.82) is 0 Å². The van der Waals surface area contributed by atoms with Gasteiger partial charge in [0.15, 0.2) is 11.5 Å². The summed E-state index contributed by atoms with van der Waals surface area (Å²) >= 11 is 0. The first kappa shape index (κ1) is 32.7. The van der Waals surface area contributed by atoms with Crippen molar-refractivity contribution in [2.24, 2.45) is 17.6 Å². The van der Waals surface area contributed by atoms with Crippen molar-refractivity contribution < 1.29 is 48.0 Å². The molecule has 1 rings (SSSR count). The molecule has 214 valence electrons. The number of carbonyl (C=O) groups excluding carboxylic acids is 3. The van der Waals surface area contributed by atoms with Gasteiger partial charge in [-0.05, 0) is 49.3 Å².